The summed E-state index contributed by atoms with van der Waals surface area (Å²) in [7, 11) is 0. The van der Waals surface area contributed by atoms with Gasteiger partial charge in [-0.3, -0.25) is 4.79 Å². The molecule has 0 radical (unpaired) electrons. The maximum Gasteiger partial charge on any atom is 0.257 e. The quantitative estimate of drug-likeness (QED) is 0.817. The van der Waals surface area contributed by atoms with Crippen LogP contribution in [0.3, 0.4) is 0 Å². The van der Waals surface area contributed by atoms with E-state index >= 15 is 0 Å². The van der Waals surface area contributed by atoms with Gasteiger partial charge in [-0.25, -0.2) is 8.78 Å². The van der Waals surface area contributed by atoms with Crippen LogP contribution in [0.25, 0.3) is 0 Å². The molecule has 3 nitrogen and oxygen atoms in total. The van der Waals surface area contributed by atoms with E-state index in [2.05, 4.69) is 5.32 Å². The molecule has 2 aromatic rings. The summed E-state index contributed by atoms with van der Waals surface area (Å²) in [5.74, 6) is -2.27. The zero-order chi connectivity index (χ0) is 14.0. The number of rotatable bonds is 2. The molecule has 0 unspecified atom stereocenters. The molecule has 0 aliphatic carbocycles. The minimum atomic E-state index is -0.828. The molecule has 1 amide bonds. The largest absolute Gasteiger partial charge is 0.398 e. The van der Waals surface area contributed by atoms with Gasteiger partial charge in [0.1, 0.15) is 11.5 Å². The number of benzene rings is 2. The Morgan fingerprint density at radius 1 is 1.16 bits per heavy atom. The normalized spacial score (nSPS) is 10.3. The van der Waals surface area contributed by atoms with Crippen molar-refractivity contribution in [1.29, 1.82) is 0 Å². The van der Waals surface area contributed by atoms with Gasteiger partial charge in [0.15, 0.2) is 5.82 Å². The fourth-order valence-electron chi connectivity index (χ4n) is 1.66. The zero-order valence-corrected chi connectivity index (χ0v) is 10.2. The second-order valence-electron chi connectivity index (χ2n) is 4.09. The molecular formula is C14H12F2N2O. The molecule has 2 rings (SSSR count). The number of nitrogens with one attached hydrogen (secondary N) is 1. The first-order chi connectivity index (χ1) is 9.00. The van der Waals surface area contributed by atoms with Crippen molar-refractivity contribution in [2.24, 2.45) is 0 Å². The van der Waals surface area contributed by atoms with E-state index in [-0.39, 0.29) is 16.8 Å². The molecule has 0 aromatic heterocycles. The second-order valence-corrected chi connectivity index (χ2v) is 4.09. The van der Waals surface area contributed by atoms with Crippen LogP contribution in [0.2, 0.25) is 0 Å². The van der Waals surface area contributed by atoms with Gasteiger partial charge in [-0.1, -0.05) is 18.2 Å². The Morgan fingerprint density at radius 3 is 2.53 bits per heavy atom. The molecule has 3 N–H and O–H groups in total. The lowest BCUT2D eigenvalue weighted by Crippen LogP contribution is -2.16. The molecule has 5 heteroatoms. The summed E-state index contributed by atoms with van der Waals surface area (Å²) < 4.78 is 27.3. The van der Waals surface area contributed by atoms with Crippen LogP contribution >= 0.6 is 0 Å². The highest BCUT2D eigenvalue weighted by atomic mass is 19.1. The Bertz CT molecular complexity index is 641. The number of hydrogen-bond acceptors (Lipinski definition) is 2. The third-order valence-corrected chi connectivity index (χ3v) is 2.73. The number of nitrogen functional groups attached to an aromatic ring is 1. The number of amides is 1. The number of carbonyl (C=O) groups excluding carboxylic acids is 1. The standard InChI is InChI=1S/C14H12F2N2O/c1-8-6-7-10(15)13(12(8)16)18-14(19)9-4-2-3-5-11(9)17/h2-7H,17H2,1H3,(H,18,19). The first-order valence-corrected chi connectivity index (χ1v) is 5.61. The molecule has 0 atom stereocenters. The van der Waals surface area contributed by atoms with Gasteiger partial charge in [-0.2, -0.15) is 0 Å². The highest BCUT2D eigenvalue weighted by Gasteiger charge is 2.16. The lowest BCUT2D eigenvalue weighted by molar-refractivity contribution is 0.102. The summed E-state index contributed by atoms with van der Waals surface area (Å²) in [6.45, 7) is 1.49. The Kier molecular flexibility index (Phi) is 3.46. The number of para-hydroxylation sites is 1. The van der Waals surface area contributed by atoms with Crippen LogP contribution in [0.5, 0.6) is 0 Å². The zero-order valence-electron chi connectivity index (χ0n) is 10.2. The van der Waals surface area contributed by atoms with Gasteiger partial charge < -0.3 is 11.1 Å². The molecule has 0 spiro atoms. The van der Waals surface area contributed by atoms with E-state index < -0.39 is 23.2 Å². The van der Waals surface area contributed by atoms with E-state index in [1.165, 1.54) is 25.1 Å². The van der Waals surface area contributed by atoms with Crippen molar-refractivity contribution in [2.45, 2.75) is 6.92 Å². The molecule has 0 bridgehead atoms. The average Bonchev–Trinajstić information content (AvgIpc) is 2.39. The summed E-state index contributed by atoms with van der Waals surface area (Å²) in [5, 5.41) is 2.21. The van der Waals surface area contributed by atoms with Crippen LogP contribution in [0.15, 0.2) is 36.4 Å². The molecule has 98 valence electrons. The SMILES string of the molecule is Cc1ccc(F)c(NC(=O)c2ccccc2N)c1F. The smallest absolute Gasteiger partial charge is 0.257 e. The van der Waals surface area contributed by atoms with Crippen molar-refractivity contribution >= 4 is 17.3 Å². The van der Waals surface area contributed by atoms with E-state index in [0.29, 0.717) is 0 Å². The molecule has 0 heterocycles. The van der Waals surface area contributed by atoms with Crippen molar-refractivity contribution in [2.75, 3.05) is 11.1 Å². The minimum Gasteiger partial charge on any atom is -0.398 e. The number of nitrogens with two attached hydrogens (primary N) is 1. The van der Waals surface area contributed by atoms with Gasteiger partial charge >= 0.3 is 0 Å². The topological polar surface area (TPSA) is 55.1 Å². The third kappa shape index (κ3) is 2.54. The van der Waals surface area contributed by atoms with Crippen molar-refractivity contribution in [3.05, 3.63) is 59.2 Å². The molecule has 0 aliphatic heterocycles. The molecule has 0 saturated carbocycles. The monoisotopic (exact) mass is 262 g/mol. The van der Waals surface area contributed by atoms with Crippen molar-refractivity contribution in [1.82, 2.24) is 0 Å². The number of carbonyl (C=O) groups is 1. The predicted octanol–water partition coefficient (Wildman–Crippen LogP) is 3.11. The van der Waals surface area contributed by atoms with Gasteiger partial charge in [-0.05, 0) is 30.7 Å². The Balaban J connectivity index is 2.35. The highest BCUT2D eigenvalue weighted by molar-refractivity contribution is 6.07. The Morgan fingerprint density at radius 2 is 1.84 bits per heavy atom. The van der Waals surface area contributed by atoms with Gasteiger partial charge in [-0.15, -0.1) is 0 Å². The van der Waals surface area contributed by atoms with Crippen LogP contribution in [0.1, 0.15) is 15.9 Å². The highest BCUT2D eigenvalue weighted by Crippen LogP contribution is 2.23. The number of halogens is 2. The first kappa shape index (κ1) is 13.0. The number of hydrogen-bond donors (Lipinski definition) is 2. The predicted molar refractivity (Wildman–Crippen MR) is 69.9 cm³/mol. The van der Waals surface area contributed by atoms with E-state index in [4.69, 9.17) is 5.73 Å². The summed E-state index contributed by atoms with van der Waals surface area (Å²) in [4.78, 5) is 11.9. The summed E-state index contributed by atoms with van der Waals surface area (Å²) in [5.41, 5.74) is 5.83. The average molecular weight is 262 g/mol. The van der Waals surface area contributed by atoms with Gasteiger partial charge in [0.2, 0.25) is 0 Å². The van der Waals surface area contributed by atoms with Gasteiger partial charge in [0.05, 0.1) is 5.56 Å². The summed E-state index contributed by atoms with van der Waals surface area (Å²) in [6.07, 6.45) is 0. The molecule has 0 aliphatic rings. The maximum atomic E-state index is 13.8. The molecular weight excluding hydrogens is 250 g/mol. The molecule has 0 fully saturated rings. The van der Waals surface area contributed by atoms with Crippen LogP contribution in [0, 0.1) is 18.6 Å². The van der Waals surface area contributed by atoms with Crippen LogP contribution in [-0.2, 0) is 0 Å². The first-order valence-electron chi connectivity index (χ1n) is 5.61. The fraction of sp³-hybridized carbons (Fsp3) is 0.0714. The fourth-order valence-corrected chi connectivity index (χ4v) is 1.66. The Labute approximate surface area is 109 Å². The van der Waals surface area contributed by atoms with Crippen LogP contribution in [0.4, 0.5) is 20.2 Å². The van der Waals surface area contributed by atoms with E-state index in [0.717, 1.165) is 6.07 Å². The van der Waals surface area contributed by atoms with Crippen LogP contribution in [-0.4, -0.2) is 5.91 Å². The van der Waals surface area contributed by atoms with E-state index in [1.54, 1.807) is 12.1 Å². The number of anilines is 2. The Hall–Kier alpha value is -2.43. The van der Waals surface area contributed by atoms with Crippen molar-refractivity contribution < 1.29 is 13.6 Å². The third-order valence-electron chi connectivity index (χ3n) is 2.73. The molecule has 19 heavy (non-hydrogen) atoms. The molecule has 0 saturated heterocycles. The van der Waals surface area contributed by atoms with E-state index in [9.17, 15) is 13.6 Å². The van der Waals surface area contributed by atoms with Gasteiger partial charge in [0, 0.05) is 5.69 Å². The maximum absolute atomic E-state index is 13.8. The molecule has 2 aromatic carbocycles. The lowest BCUT2D eigenvalue weighted by Gasteiger charge is -2.10. The second kappa shape index (κ2) is 5.06. The van der Waals surface area contributed by atoms with Crippen molar-refractivity contribution in [3.63, 3.8) is 0 Å². The van der Waals surface area contributed by atoms with E-state index in [1.807, 2.05) is 0 Å². The lowest BCUT2D eigenvalue weighted by atomic mass is 10.1. The summed E-state index contributed by atoms with van der Waals surface area (Å²) in [6, 6.07) is 8.71. The van der Waals surface area contributed by atoms with Crippen LogP contribution < -0.4 is 11.1 Å². The van der Waals surface area contributed by atoms with Gasteiger partial charge in [0.25, 0.3) is 5.91 Å². The minimum absolute atomic E-state index is 0.169. The summed E-state index contributed by atoms with van der Waals surface area (Å²) >= 11 is 0. The van der Waals surface area contributed by atoms with Crippen molar-refractivity contribution in [3.8, 4) is 0 Å². The number of aryl methyl sites for hydroxylation is 1.